The van der Waals surface area contributed by atoms with E-state index < -0.39 is 0 Å². The summed E-state index contributed by atoms with van der Waals surface area (Å²) in [7, 11) is 0. The summed E-state index contributed by atoms with van der Waals surface area (Å²) < 4.78 is 1.90. The first-order valence-corrected chi connectivity index (χ1v) is 9.75. The third-order valence-corrected chi connectivity index (χ3v) is 5.58. The summed E-state index contributed by atoms with van der Waals surface area (Å²) in [6.07, 6.45) is 9.15. The second-order valence-corrected chi connectivity index (χ2v) is 7.37. The lowest BCUT2D eigenvalue weighted by atomic mass is 10.1. The van der Waals surface area contributed by atoms with Crippen LogP contribution in [0.1, 0.15) is 19.3 Å². The maximum atomic E-state index is 6.72. The zero-order valence-corrected chi connectivity index (χ0v) is 15.6. The number of rotatable bonds is 3. The first-order chi connectivity index (χ1) is 13.3. The molecule has 0 aliphatic carbocycles. The molecule has 0 spiro atoms. The van der Waals surface area contributed by atoms with Crippen LogP contribution < -0.4 is 10.6 Å². The van der Waals surface area contributed by atoms with Gasteiger partial charge >= 0.3 is 0 Å². The molecule has 0 saturated carbocycles. The molecule has 27 heavy (non-hydrogen) atoms. The van der Waals surface area contributed by atoms with Crippen molar-refractivity contribution in [3.63, 3.8) is 0 Å². The zero-order valence-electron chi connectivity index (χ0n) is 14.9. The van der Waals surface area contributed by atoms with Gasteiger partial charge in [-0.2, -0.15) is 0 Å². The summed E-state index contributed by atoms with van der Waals surface area (Å²) in [5.41, 5.74) is 3.57. The Kier molecular flexibility index (Phi) is 4.22. The molecule has 1 unspecified atom stereocenters. The molecule has 7 heteroatoms. The van der Waals surface area contributed by atoms with Crippen LogP contribution in [0.3, 0.4) is 0 Å². The minimum atomic E-state index is 0.331. The number of benzene rings is 1. The zero-order chi connectivity index (χ0) is 18.2. The minimum Gasteiger partial charge on any atom is -0.363 e. The summed E-state index contributed by atoms with van der Waals surface area (Å²) in [5, 5.41) is 8.76. The van der Waals surface area contributed by atoms with Crippen molar-refractivity contribution in [1.29, 1.82) is 0 Å². The number of halogens is 1. The lowest BCUT2D eigenvalue weighted by Crippen LogP contribution is -2.31. The van der Waals surface area contributed by atoms with E-state index >= 15 is 0 Å². The van der Waals surface area contributed by atoms with Crippen molar-refractivity contribution < 1.29 is 0 Å². The molecule has 1 atom stereocenters. The van der Waals surface area contributed by atoms with E-state index in [0.717, 1.165) is 53.1 Å². The fourth-order valence-electron chi connectivity index (χ4n) is 3.83. The second kappa shape index (κ2) is 6.87. The molecule has 4 heterocycles. The van der Waals surface area contributed by atoms with Crippen LogP contribution in [-0.2, 0) is 0 Å². The van der Waals surface area contributed by atoms with Crippen molar-refractivity contribution in [1.82, 2.24) is 24.7 Å². The third kappa shape index (κ3) is 2.95. The maximum absolute atomic E-state index is 6.72. The maximum Gasteiger partial charge on any atom is 0.181 e. The van der Waals surface area contributed by atoms with Crippen LogP contribution in [0.2, 0.25) is 5.15 Å². The minimum absolute atomic E-state index is 0.331. The van der Waals surface area contributed by atoms with E-state index in [4.69, 9.17) is 16.6 Å². The number of H-pyrrole nitrogens is 1. The van der Waals surface area contributed by atoms with Gasteiger partial charge in [-0.25, -0.2) is 9.97 Å². The van der Waals surface area contributed by atoms with Gasteiger partial charge < -0.3 is 15.6 Å². The van der Waals surface area contributed by atoms with E-state index in [1.54, 1.807) is 6.20 Å². The Morgan fingerprint density at radius 3 is 3.11 bits per heavy atom. The van der Waals surface area contributed by atoms with Crippen LogP contribution in [0, 0.1) is 0 Å². The molecule has 0 radical (unpaired) electrons. The first kappa shape index (κ1) is 16.6. The second-order valence-electron chi connectivity index (χ2n) is 7.01. The van der Waals surface area contributed by atoms with Gasteiger partial charge in [-0.3, -0.25) is 4.40 Å². The molecular weight excluding hydrogens is 360 g/mol. The Morgan fingerprint density at radius 1 is 1.22 bits per heavy atom. The summed E-state index contributed by atoms with van der Waals surface area (Å²) in [4.78, 5) is 12.7. The fourth-order valence-corrected chi connectivity index (χ4v) is 4.11. The molecule has 1 aromatic carbocycles. The number of hydrogen-bond donors (Lipinski definition) is 3. The molecule has 1 aliphatic heterocycles. The molecule has 0 bridgehead atoms. The highest BCUT2D eigenvalue weighted by Gasteiger charge is 2.20. The van der Waals surface area contributed by atoms with Gasteiger partial charge in [-0.15, -0.1) is 0 Å². The third-order valence-electron chi connectivity index (χ3n) is 5.22. The number of aromatic nitrogens is 4. The van der Waals surface area contributed by atoms with E-state index in [1.807, 2.05) is 28.9 Å². The quantitative estimate of drug-likeness (QED) is 0.500. The lowest BCUT2D eigenvalue weighted by molar-refractivity contribution is 0.634. The predicted octanol–water partition coefficient (Wildman–Crippen LogP) is 4.09. The van der Waals surface area contributed by atoms with Crippen LogP contribution >= 0.6 is 11.6 Å². The number of para-hydroxylation sites is 1. The van der Waals surface area contributed by atoms with Crippen LogP contribution in [0.25, 0.3) is 27.8 Å². The highest BCUT2D eigenvalue weighted by atomic mass is 35.5. The Hall–Kier alpha value is -2.57. The van der Waals surface area contributed by atoms with Crippen molar-refractivity contribution in [3.05, 3.63) is 48.0 Å². The van der Waals surface area contributed by atoms with Gasteiger partial charge in [0.2, 0.25) is 0 Å². The standard InChI is InChI=1S/C20H21ClN6/c21-18-17(15-12-24-16-7-2-1-6-14(15)16)26-19(20-23-9-10-27(18)20)25-13-5-3-4-8-22-11-13/h1-2,6-7,9-10,12-13,22,24H,3-5,8,11H2,(H,25,26). The highest BCUT2D eigenvalue weighted by molar-refractivity contribution is 6.32. The summed E-state index contributed by atoms with van der Waals surface area (Å²) in [6.45, 7) is 2.01. The normalized spacial score (nSPS) is 18.0. The first-order valence-electron chi connectivity index (χ1n) is 9.37. The molecule has 6 nitrogen and oxygen atoms in total. The van der Waals surface area contributed by atoms with Gasteiger partial charge in [0.25, 0.3) is 0 Å². The number of aromatic amines is 1. The van der Waals surface area contributed by atoms with Crippen LogP contribution in [0.4, 0.5) is 5.82 Å². The molecule has 1 aliphatic rings. The Bertz CT molecular complexity index is 1090. The molecule has 3 N–H and O–H groups in total. The number of anilines is 1. The highest BCUT2D eigenvalue weighted by Crippen LogP contribution is 2.34. The Balaban J connectivity index is 1.63. The van der Waals surface area contributed by atoms with Crippen molar-refractivity contribution in [3.8, 4) is 11.3 Å². The molecule has 4 aromatic rings. The summed E-state index contributed by atoms with van der Waals surface area (Å²) in [6, 6.07) is 8.51. The smallest absolute Gasteiger partial charge is 0.181 e. The van der Waals surface area contributed by atoms with Crippen molar-refractivity contribution in [2.24, 2.45) is 0 Å². The molecular formula is C20H21ClN6. The number of nitrogens with one attached hydrogen (secondary N) is 3. The van der Waals surface area contributed by atoms with Gasteiger partial charge in [0.15, 0.2) is 11.5 Å². The van der Waals surface area contributed by atoms with Gasteiger partial charge in [0.05, 0.1) is 0 Å². The van der Waals surface area contributed by atoms with Crippen LogP contribution in [0.15, 0.2) is 42.9 Å². The number of imidazole rings is 1. The number of fused-ring (bicyclic) bond motifs is 2. The SMILES string of the molecule is Clc1c(-c2c[nH]c3ccccc23)nc(NC2CCCCNC2)c2nccn12. The van der Waals surface area contributed by atoms with Gasteiger partial charge in [0, 0.05) is 47.6 Å². The molecule has 3 aromatic heterocycles. The largest absolute Gasteiger partial charge is 0.363 e. The molecule has 1 fully saturated rings. The van der Waals surface area contributed by atoms with Crippen molar-refractivity contribution in [2.75, 3.05) is 18.4 Å². The average Bonchev–Trinajstić information content (AvgIpc) is 3.27. The van der Waals surface area contributed by atoms with Crippen LogP contribution in [0.5, 0.6) is 0 Å². The van der Waals surface area contributed by atoms with Crippen molar-refractivity contribution in [2.45, 2.75) is 25.3 Å². The van der Waals surface area contributed by atoms with E-state index in [-0.39, 0.29) is 0 Å². The summed E-state index contributed by atoms with van der Waals surface area (Å²) in [5.74, 6) is 0.776. The Labute approximate surface area is 162 Å². The molecule has 138 valence electrons. The number of nitrogens with zero attached hydrogens (tertiary/aromatic N) is 3. The van der Waals surface area contributed by atoms with E-state index in [2.05, 4.69) is 32.7 Å². The van der Waals surface area contributed by atoms with Crippen LogP contribution in [-0.4, -0.2) is 38.5 Å². The average molecular weight is 381 g/mol. The fraction of sp³-hybridized carbons (Fsp3) is 0.300. The van der Waals surface area contributed by atoms with E-state index in [0.29, 0.717) is 11.2 Å². The number of hydrogen-bond acceptors (Lipinski definition) is 4. The van der Waals surface area contributed by atoms with E-state index in [9.17, 15) is 0 Å². The van der Waals surface area contributed by atoms with E-state index in [1.165, 1.54) is 12.8 Å². The van der Waals surface area contributed by atoms with Gasteiger partial charge in [-0.1, -0.05) is 36.2 Å². The summed E-state index contributed by atoms with van der Waals surface area (Å²) >= 11 is 6.72. The monoisotopic (exact) mass is 380 g/mol. The topological polar surface area (TPSA) is 70.0 Å². The van der Waals surface area contributed by atoms with Gasteiger partial charge in [-0.05, 0) is 25.5 Å². The lowest BCUT2D eigenvalue weighted by Gasteiger charge is -2.19. The molecule has 0 amide bonds. The van der Waals surface area contributed by atoms with Gasteiger partial charge in [0.1, 0.15) is 10.8 Å². The predicted molar refractivity (Wildman–Crippen MR) is 109 cm³/mol. The Morgan fingerprint density at radius 2 is 2.15 bits per heavy atom. The molecule has 1 saturated heterocycles. The van der Waals surface area contributed by atoms with Crippen molar-refractivity contribution >= 4 is 34.0 Å². The molecule has 5 rings (SSSR count).